The first-order chi connectivity index (χ1) is 8.56. The Morgan fingerprint density at radius 2 is 1.67 bits per heavy atom. The van der Waals surface area contributed by atoms with Crippen molar-refractivity contribution in [2.45, 2.75) is 30.6 Å². The maximum Gasteiger partial charge on any atom is 0.240 e. The van der Waals surface area contributed by atoms with Crippen LogP contribution >= 0.6 is 27.5 Å². The van der Waals surface area contributed by atoms with Gasteiger partial charge in [0.25, 0.3) is 0 Å². The normalized spacial score (nSPS) is 11.7. The van der Waals surface area contributed by atoms with Crippen LogP contribution < -0.4 is 4.72 Å². The zero-order chi connectivity index (χ0) is 13.4. The second kappa shape index (κ2) is 8.15. The molecule has 3 nitrogen and oxygen atoms in total. The topological polar surface area (TPSA) is 46.2 Å². The van der Waals surface area contributed by atoms with Gasteiger partial charge in [-0.1, -0.05) is 40.4 Å². The number of hydrogen-bond donors (Lipinski definition) is 1. The van der Waals surface area contributed by atoms with Crippen LogP contribution in [-0.4, -0.2) is 20.3 Å². The number of rotatable bonds is 8. The van der Waals surface area contributed by atoms with Crippen molar-refractivity contribution in [1.29, 1.82) is 0 Å². The molecule has 0 amide bonds. The minimum atomic E-state index is -3.39. The summed E-state index contributed by atoms with van der Waals surface area (Å²) in [6, 6.07) is 6.17. The highest BCUT2D eigenvalue weighted by atomic mass is 79.9. The highest BCUT2D eigenvalue weighted by Crippen LogP contribution is 2.13. The van der Waals surface area contributed by atoms with Gasteiger partial charge in [0.1, 0.15) is 0 Å². The Balaban J connectivity index is 2.38. The number of benzene rings is 1. The number of unbranched alkanes of at least 4 members (excludes halogenated alkanes) is 3. The van der Waals surface area contributed by atoms with Crippen LogP contribution in [0.3, 0.4) is 0 Å². The number of alkyl halides is 1. The maximum atomic E-state index is 11.9. The Labute approximate surface area is 122 Å². The van der Waals surface area contributed by atoms with Gasteiger partial charge in [0.05, 0.1) is 4.90 Å². The van der Waals surface area contributed by atoms with Crippen LogP contribution in [0.15, 0.2) is 29.2 Å². The molecule has 0 aliphatic heterocycles. The van der Waals surface area contributed by atoms with E-state index in [0.29, 0.717) is 11.6 Å². The van der Waals surface area contributed by atoms with Gasteiger partial charge in [-0.15, -0.1) is 0 Å². The molecule has 0 atom stereocenters. The number of halogens is 2. The lowest BCUT2D eigenvalue weighted by Crippen LogP contribution is -2.24. The van der Waals surface area contributed by atoms with Crippen molar-refractivity contribution in [1.82, 2.24) is 4.72 Å². The molecule has 0 bridgehead atoms. The Kier molecular flexibility index (Phi) is 7.22. The van der Waals surface area contributed by atoms with Crippen LogP contribution in [0.5, 0.6) is 0 Å². The van der Waals surface area contributed by atoms with Crippen molar-refractivity contribution < 1.29 is 8.42 Å². The van der Waals surface area contributed by atoms with Crippen LogP contribution in [-0.2, 0) is 10.0 Å². The summed E-state index contributed by atoms with van der Waals surface area (Å²) in [5, 5.41) is 1.53. The Morgan fingerprint density at radius 1 is 1.06 bits per heavy atom. The van der Waals surface area contributed by atoms with Gasteiger partial charge in [-0.25, -0.2) is 13.1 Å². The third-order valence-electron chi connectivity index (χ3n) is 2.48. The predicted octanol–water partition coefficient (Wildman–Crippen LogP) is 3.57. The SMILES string of the molecule is O=S(=O)(NCCCCCCBr)c1ccc(Cl)cc1. The van der Waals surface area contributed by atoms with E-state index in [4.69, 9.17) is 11.6 Å². The lowest BCUT2D eigenvalue weighted by atomic mass is 10.2. The van der Waals surface area contributed by atoms with Gasteiger partial charge in [0, 0.05) is 16.9 Å². The standard InChI is InChI=1S/C12H17BrClNO2S/c13-9-3-1-2-4-10-15-18(16,17)12-7-5-11(14)6-8-12/h5-8,15H,1-4,9-10H2. The van der Waals surface area contributed by atoms with Gasteiger partial charge < -0.3 is 0 Å². The molecule has 0 spiro atoms. The van der Waals surface area contributed by atoms with Gasteiger partial charge >= 0.3 is 0 Å². The number of nitrogens with one attached hydrogen (secondary N) is 1. The lowest BCUT2D eigenvalue weighted by Gasteiger charge is -2.06. The Hall–Kier alpha value is -0.100. The first-order valence-electron chi connectivity index (χ1n) is 5.87. The first kappa shape index (κ1) is 16.0. The van der Waals surface area contributed by atoms with E-state index in [1.54, 1.807) is 12.1 Å². The van der Waals surface area contributed by atoms with E-state index in [1.807, 2.05) is 0 Å². The van der Waals surface area contributed by atoms with Gasteiger partial charge in [0.15, 0.2) is 0 Å². The summed E-state index contributed by atoms with van der Waals surface area (Å²) in [5.74, 6) is 0. The fraction of sp³-hybridized carbons (Fsp3) is 0.500. The molecule has 102 valence electrons. The van der Waals surface area contributed by atoms with Crippen molar-refractivity contribution >= 4 is 37.6 Å². The number of hydrogen-bond acceptors (Lipinski definition) is 2. The van der Waals surface area contributed by atoms with Crippen molar-refractivity contribution in [3.8, 4) is 0 Å². The van der Waals surface area contributed by atoms with Gasteiger partial charge in [-0.2, -0.15) is 0 Å². The monoisotopic (exact) mass is 353 g/mol. The molecule has 1 aromatic carbocycles. The summed E-state index contributed by atoms with van der Waals surface area (Å²) < 4.78 is 26.3. The predicted molar refractivity (Wildman–Crippen MR) is 78.9 cm³/mol. The van der Waals surface area contributed by atoms with E-state index in [1.165, 1.54) is 12.1 Å². The van der Waals surface area contributed by atoms with E-state index >= 15 is 0 Å². The highest BCUT2D eigenvalue weighted by Gasteiger charge is 2.12. The molecule has 18 heavy (non-hydrogen) atoms. The molecule has 0 aliphatic rings. The quantitative estimate of drug-likeness (QED) is 0.573. The van der Waals surface area contributed by atoms with Gasteiger partial charge in [-0.3, -0.25) is 0 Å². The van der Waals surface area contributed by atoms with Crippen LogP contribution in [0.1, 0.15) is 25.7 Å². The van der Waals surface area contributed by atoms with Gasteiger partial charge in [-0.05, 0) is 37.1 Å². The molecule has 6 heteroatoms. The summed E-state index contributed by atoms with van der Waals surface area (Å²) in [6.07, 6.45) is 4.15. The summed E-state index contributed by atoms with van der Waals surface area (Å²) in [5.41, 5.74) is 0. The third-order valence-corrected chi connectivity index (χ3v) is 4.77. The highest BCUT2D eigenvalue weighted by molar-refractivity contribution is 9.09. The molecule has 1 aromatic rings. The van der Waals surface area contributed by atoms with E-state index in [9.17, 15) is 8.42 Å². The van der Waals surface area contributed by atoms with Gasteiger partial charge in [0.2, 0.25) is 10.0 Å². The van der Waals surface area contributed by atoms with Crippen molar-refractivity contribution in [3.63, 3.8) is 0 Å². The fourth-order valence-electron chi connectivity index (χ4n) is 1.48. The largest absolute Gasteiger partial charge is 0.240 e. The second-order valence-electron chi connectivity index (χ2n) is 3.95. The van der Waals surface area contributed by atoms with Crippen molar-refractivity contribution in [3.05, 3.63) is 29.3 Å². The van der Waals surface area contributed by atoms with E-state index in [0.717, 1.165) is 31.0 Å². The van der Waals surface area contributed by atoms with E-state index in [2.05, 4.69) is 20.7 Å². The molecule has 0 heterocycles. The smallest absolute Gasteiger partial charge is 0.211 e. The van der Waals surface area contributed by atoms with Crippen molar-refractivity contribution in [2.75, 3.05) is 11.9 Å². The molecule has 0 unspecified atom stereocenters. The molecule has 0 radical (unpaired) electrons. The Morgan fingerprint density at radius 3 is 2.28 bits per heavy atom. The second-order valence-corrected chi connectivity index (χ2v) is 6.95. The zero-order valence-electron chi connectivity index (χ0n) is 10.0. The molecule has 0 fully saturated rings. The average molecular weight is 355 g/mol. The summed E-state index contributed by atoms with van der Waals surface area (Å²) in [4.78, 5) is 0.257. The Bertz CT molecular complexity index is 448. The average Bonchev–Trinajstić information content (AvgIpc) is 2.34. The zero-order valence-corrected chi connectivity index (χ0v) is 13.2. The van der Waals surface area contributed by atoms with E-state index < -0.39 is 10.0 Å². The third kappa shape index (κ3) is 5.69. The minimum Gasteiger partial charge on any atom is -0.211 e. The molecular formula is C12H17BrClNO2S. The van der Waals surface area contributed by atoms with Crippen molar-refractivity contribution in [2.24, 2.45) is 0 Å². The van der Waals surface area contributed by atoms with Crippen LogP contribution in [0.2, 0.25) is 5.02 Å². The molecule has 1 N–H and O–H groups in total. The molecule has 1 rings (SSSR count). The molecule has 0 aliphatic carbocycles. The minimum absolute atomic E-state index is 0.257. The van der Waals surface area contributed by atoms with Crippen LogP contribution in [0.4, 0.5) is 0 Å². The first-order valence-corrected chi connectivity index (χ1v) is 8.86. The summed E-state index contributed by atoms with van der Waals surface area (Å²) in [7, 11) is -3.39. The van der Waals surface area contributed by atoms with Crippen LogP contribution in [0.25, 0.3) is 0 Å². The summed E-state index contributed by atoms with van der Waals surface area (Å²) >= 11 is 9.08. The fourth-order valence-corrected chi connectivity index (χ4v) is 3.07. The lowest BCUT2D eigenvalue weighted by molar-refractivity contribution is 0.574. The number of sulfonamides is 1. The molecular weight excluding hydrogens is 338 g/mol. The molecule has 0 aromatic heterocycles. The van der Waals surface area contributed by atoms with E-state index in [-0.39, 0.29) is 4.90 Å². The molecule has 0 saturated heterocycles. The van der Waals surface area contributed by atoms with Crippen LogP contribution in [0, 0.1) is 0 Å². The maximum absolute atomic E-state index is 11.9. The summed E-state index contributed by atoms with van der Waals surface area (Å²) in [6.45, 7) is 0.479. The molecule has 0 saturated carbocycles.